The Morgan fingerprint density at radius 1 is 0.974 bits per heavy atom. The van der Waals surface area contributed by atoms with Gasteiger partial charge in [0.2, 0.25) is 0 Å². The molecule has 0 saturated heterocycles. The molecule has 1 aliphatic heterocycles. The molecule has 0 bridgehead atoms. The van der Waals surface area contributed by atoms with Gasteiger partial charge in [0.15, 0.2) is 0 Å². The smallest absolute Gasteiger partial charge is 0.308 e. The Hall–Kier alpha value is -3.26. The van der Waals surface area contributed by atoms with Crippen LogP contribution in [-0.2, 0) is 9.59 Å². The van der Waals surface area contributed by atoms with E-state index in [1.54, 1.807) is 23.1 Å². The summed E-state index contributed by atoms with van der Waals surface area (Å²) in [5.74, 6) is 0.453. The number of ether oxygens (including phenoxy) is 2. The van der Waals surface area contributed by atoms with Gasteiger partial charge in [0.05, 0.1) is 10.7 Å². The minimum atomic E-state index is -0.330. The zero-order valence-electron chi connectivity index (χ0n) is 22.2. The Morgan fingerprint density at radius 2 is 1.69 bits per heavy atom. The lowest BCUT2D eigenvalue weighted by Gasteiger charge is -2.17. The second-order valence-corrected chi connectivity index (χ2v) is 12.0. The van der Waals surface area contributed by atoms with Crippen LogP contribution in [0.5, 0.6) is 11.5 Å². The summed E-state index contributed by atoms with van der Waals surface area (Å²) in [5, 5.41) is 2.98. The van der Waals surface area contributed by atoms with Gasteiger partial charge >= 0.3 is 11.9 Å². The molecule has 1 aromatic heterocycles. The number of thioether (sulfide) groups is 1. The second kappa shape index (κ2) is 11.5. The van der Waals surface area contributed by atoms with E-state index >= 15 is 0 Å². The van der Waals surface area contributed by atoms with Gasteiger partial charge in [-0.2, -0.15) is 0 Å². The predicted molar refractivity (Wildman–Crippen MR) is 162 cm³/mol. The van der Waals surface area contributed by atoms with E-state index in [-0.39, 0.29) is 11.9 Å². The van der Waals surface area contributed by atoms with E-state index in [2.05, 4.69) is 36.1 Å². The molecule has 39 heavy (non-hydrogen) atoms. The highest BCUT2D eigenvalue weighted by molar-refractivity contribution is 8.03. The summed E-state index contributed by atoms with van der Waals surface area (Å²) < 4.78 is 11.7. The molecule has 5 rings (SSSR count). The summed E-state index contributed by atoms with van der Waals surface area (Å²) in [6.45, 7) is 4.90. The van der Waals surface area contributed by atoms with Crippen molar-refractivity contribution in [3.63, 3.8) is 0 Å². The van der Waals surface area contributed by atoms with Crippen LogP contribution in [0.3, 0.4) is 0 Å². The minimum absolute atomic E-state index is 0.322. The number of thiophene rings is 1. The van der Waals surface area contributed by atoms with Gasteiger partial charge in [0.25, 0.3) is 0 Å². The number of anilines is 1. The van der Waals surface area contributed by atoms with Gasteiger partial charge < -0.3 is 14.4 Å². The van der Waals surface area contributed by atoms with Gasteiger partial charge in [-0.1, -0.05) is 35.5 Å². The van der Waals surface area contributed by atoms with Crippen LogP contribution in [0.4, 0.5) is 5.69 Å². The highest BCUT2D eigenvalue weighted by atomic mass is 35.5. The van der Waals surface area contributed by atoms with E-state index in [1.807, 2.05) is 43.4 Å². The van der Waals surface area contributed by atoms with Gasteiger partial charge in [-0.25, -0.2) is 0 Å². The molecule has 0 spiro atoms. The van der Waals surface area contributed by atoms with Crippen LogP contribution in [-0.4, -0.2) is 19.0 Å². The fourth-order valence-electron chi connectivity index (χ4n) is 4.68. The first-order chi connectivity index (χ1) is 18.7. The predicted octanol–water partition coefficient (Wildman–Crippen LogP) is 8.76. The standard InChI is InChI=1S/C31H28ClNO4S2/c1-18-25-16-23(36-19(2)34)10-13-28(25)38-27(18)12-8-21-6-5-7-22(31(21)32)9-15-30-33(4)26-17-24(37-20(3)35)11-14-29(26)39-30/h8-17H,5-7H2,1-4H3/b12-8+,22-9+,30-15-. The van der Waals surface area contributed by atoms with Crippen molar-refractivity contribution >= 4 is 68.5 Å². The zero-order valence-corrected chi connectivity index (χ0v) is 24.6. The molecule has 0 N–H and O–H groups in total. The Morgan fingerprint density at radius 3 is 2.44 bits per heavy atom. The third-order valence-electron chi connectivity index (χ3n) is 6.62. The molecule has 2 aromatic carbocycles. The van der Waals surface area contributed by atoms with Crippen LogP contribution >= 0.6 is 34.7 Å². The number of aryl methyl sites for hydroxylation is 1. The maximum Gasteiger partial charge on any atom is 0.308 e. The third kappa shape index (κ3) is 6.01. The summed E-state index contributed by atoms with van der Waals surface area (Å²) in [7, 11) is 2.01. The number of esters is 2. The zero-order chi connectivity index (χ0) is 27.7. The van der Waals surface area contributed by atoms with E-state index < -0.39 is 0 Å². The van der Waals surface area contributed by atoms with Crippen molar-refractivity contribution in [3.05, 3.63) is 86.3 Å². The first-order valence-electron chi connectivity index (χ1n) is 12.6. The van der Waals surface area contributed by atoms with Crippen LogP contribution in [0.1, 0.15) is 43.6 Å². The molecule has 1 aliphatic carbocycles. The lowest BCUT2D eigenvalue weighted by Crippen LogP contribution is -2.10. The number of hydrogen-bond donors (Lipinski definition) is 0. The van der Waals surface area contributed by atoms with E-state index in [9.17, 15) is 9.59 Å². The summed E-state index contributed by atoms with van der Waals surface area (Å²) in [5.41, 5.74) is 4.42. The molecule has 2 heterocycles. The first-order valence-corrected chi connectivity index (χ1v) is 14.6. The van der Waals surface area contributed by atoms with Gasteiger partial charge in [-0.05, 0) is 90.8 Å². The molecular formula is C31H28ClNO4S2. The summed E-state index contributed by atoms with van der Waals surface area (Å²) in [4.78, 5) is 27.0. The van der Waals surface area contributed by atoms with Crippen molar-refractivity contribution in [1.82, 2.24) is 0 Å². The molecule has 3 aromatic rings. The number of allylic oxidation sites excluding steroid dienone is 6. The van der Waals surface area contributed by atoms with Gasteiger partial charge in [-0.3, -0.25) is 9.59 Å². The van der Waals surface area contributed by atoms with Crippen molar-refractivity contribution in [3.8, 4) is 11.5 Å². The molecule has 0 amide bonds. The van der Waals surface area contributed by atoms with Crippen LogP contribution in [0.15, 0.2) is 80.7 Å². The molecule has 8 heteroatoms. The largest absolute Gasteiger partial charge is 0.427 e. The maximum absolute atomic E-state index is 11.3. The fourth-order valence-corrected chi connectivity index (χ4v) is 7.13. The average Bonchev–Trinajstić information content (AvgIpc) is 3.37. The van der Waals surface area contributed by atoms with Crippen LogP contribution in [0.25, 0.3) is 16.2 Å². The number of fused-ring (bicyclic) bond motifs is 2. The molecule has 0 radical (unpaired) electrons. The number of carbonyl (C=O) groups excluding carboxylic acids is 2. The van der Waals surface area contributed by atoms with E-state index in [4.69, 9.17) is 21.1 Å². The lowest BCUT2D eigenvalue weighted by molar-refractivity contribution is -0.132. The monoisotopic (exact) mass is 577 g/mol. The Kier molecular flexibility index (Phi) is 8.03. The quantitative estimate of drug-likeness (QED) is 0.223. The molecule has 2 aliphatic rings. The minimum Gasteiger partial charge on any atom is -0.427 e. The Bertz CT molecular complexity index is 1610. The molecule has 0 fully saturated rings. The van der Waals surface area contributed by atoms with Crippen molar-refractivity contribution in [2.75, 3.05) is 11.9 Å². The van der Waals surface area contributed by atoms with Crippen molar-refractivity contribution in [2.45, 2.75) is 44.9 Å². The maximum atomic E-state index is 11.3. The third-order valence-corrected chi connectivity index (χ3v) is 9.53. The second-order valence-electron chi connectivity index (χ2n) is 9.45. The lowest BCUT2D eigenvalue weighted by atomic mass is 9.94. The van der Waals surface area contributed by atoms with E-state index in [0.29, 0.717) is 11.5 Å². The first kappa shape index (κ1) is 27.3. The van der Waals surface area contributed by atoms with Crippen LogP contribution in [0.2, 0.25) is 0 Å². The van der Waals surface area contributed by atoms with Crippen molar-refractivity contribution in [1.29, 1.82) is 0 Å². The molecular weight excluding hydrogens is 550 g/mol. The van der Waals surface area contributed by atoms with Gasteiger partial charge in [0, 0.05) is 46.5 Å². The summed E-state index contributed by atoms with van der Waals surface area (Å²) in [6.07, 6.45) is 11.4. The summed E-state index contributed by atoms with van der Waals surface area (Å²) in [6, 6.07) is 11.4. The van der Waals surface area contributed by atoms with Crippen molar-refractivity contribution < 1.29 is 19.1 Å². The SMILES string of the molecule is CC(=O)Oc1ccc2c(c1)N(C)/C(=C/C=C1\CCCC(/C=C/c3sc4ccc(OC(C)=O)cc4c3C)=C1Cl)S2. The Labute approximate surface area is 241 Å². The van der Waals surface area contributed by atoms with E-state index in [0.717, 1.165) is 71.6 Å². The Balaban J connectivity index is 1.36. The number of nitrogens with zero attached hydrogens (tertiary/aromatic N) is 1. The van der Waals surface area contributed by atoms with Gasteiger partial charge in [0.1, 0.15) is 11.5 Å². The average molecular weight is 578 g/mol. The fraction of sp³-hybridized carbons (Fsp3) is 0.226. The normalized spacial score (nSPS) is 17.5. The van der Waals surface area contributed by atoms with Gasteiger partial charge in [-0.15, -0.1) is 11.3 Å². The molecule has 0 unspecified atom stereocenters. The molecule has 0 saturated carbocycles. The van der Waals surface area contributed by atoms with Crippen molar-refractivity contribution in [2.24, 2.45) is 0 Å². The highest BCUT2D eigenvalue weighted by Gasteiger charge is 2.23. The number of rotatable bonds is 5. The number of halogens is 1. The molecule has 5 nitrogen and oxygen atoms in total. The summed E-state index contributed by atoms with van der Waals surface area (Å²) >= 11 is 10.3. The highest BCUT2D eigenvalue weighted by Crippen LogP contribution is 2.47. The molecule has 200 valence electrons. The number of benzene rings is 2. The topological polar surface area (TPSA) is 55.8 Å². The molecule has 0 atom stereocenters. The van der Waals surface area contributed by atoms with Crippen LogP contribution in [0, 0.1) is 6.92 Å². The number of carbonyl (C=O) groups is 2. The van der Waals surface area contributed by atoms with E-state index in [1.165, 1.54) is 13.8 Å². The van der Waals surface area contributed by atoms with Crippen LogP contribution < -0.4 is 14.4 Å². The number of hydrogen-bond acceptors (Lipinski definition) is 7.